The molecule has 28 heavy (non-hydrogen) atoms. The highest BCUT2D eigenvalue weighted by molar-refractivity contribution is 5.95. The normalized spacial score (nSPS) is 10.5. The first kappa shape index (κ1) is 19.5. The summed E-state index contributed by atoms with van der Waals surface area (Å²) in [6, 6.07) is 19.2. The van der Waals surface area contributed by atoms with Gasteiger partial charge in [-0.1, -0.05) is 42.5 Å². The zero-order valence-electron chi connectivity index (χ0n) is 16.1. The van der Waals surface area contributed by atoms with Gasteiger partial charge >= 0.3 is 0 Å². The number of Topliss-reactive ketones (excluding diaryl/α,β-unsaturated/α-hetero) is 1. The molecule has 0 amide bonds. The number of benzene rings is 2. The Kier molecular flexibility index (Phi) is 6.70. The molecule has 0 radical (unpaired) electrons. The quantitative estimate of drug-likeness (QED) is 0.422. The number of nitrogens with zero attached hydrogens (tertiary/aromatic N) is 2. The first-order chi connectivity index (χ1) is 13.7. The Hall–Kier alpha value is -3.25. The van der Waals surface area contributed by atoms with Crippen LogP contribution in [0.2, 0.25) is 0 Å². The molecular formula is C22H24N4O2. The van der Waals surface area contributed by atoms with Crippen LogP contribution in [0.25, 0.3) is 11.3 Å². The molecule has 0 aliphatic heterocycles. The lowest BCUT2D eigenvalue weighted by molar-refractivity contribution is 0.101. The van der Waals surface area contributed by atoms with Crippen LogP contribution in [0.5, 0.6) is 0 Å². The molecule has 3 aromatic rings. The van der Waals surface area contributed by atoms with Crippen LogP contribution in [0, 0.1) is 0 Å². The minimum Gasteiger partial charge on any atom is -0.385 e. The molecule has 0 fully saturated rings. The summed E-state index contributed by atoms with van der Waals surface area (Å²) in [6.45, 7) is 2.94. The number of ether oxygens (including phenoxy) is 1. The number of anilines is 3. The molecule has 0 spiro atoms. The summed E-state index contributed by atoms with van der Waals surface area (Å²) >= 11 is 0. The van der Waals surface area contributed by atoms with Crippen LogP contribution in [0.3, 0.4) is 0 Å². The Balaban J connectivity index is 1.88. The topological polar surface area (TPSA) is 76.1 Å². The largest absolute Gasteiger partial charge is 0.385 e. The molecule has 0 aliphatic rings. The SMILES string of the molecule is COCCCNc1nc(Nc2cccc(C(C)=O)c2)cc(-c2ccccc2)n1. The molecule has 6 nitrogen and oxygen atoms in total. The predicted octanol–water partition coefficient (Wildman–Crippen LogP) is 4.54. The Morgan fingerprint density at radius 3 is 2.61 bits per heavy atom. The molecule has 1 aromatic heterocycles. The summed E-state index contributed by atoms with van der Waals surface area (Å²) in [6.07, 6.45) is 0.860. The molecule has 2 N–H and O–H groups in total. The number of aromatic nitrogens is 2. The third-order valence-electron chi connectivity index (χ3n) is 4.15. The average Bonchev–Trinajstić information content (AvgIpc) is 2.72. The molecule has 1 heterocycles. The van der Waals surface area contributed by atoms with Crippen LogP contribution in [0.4, 0.5) is 17.5 Å². The molecule has 0 unspecified atom stereocenters. The highest BCUT2D eigenvalue weighted by Gasteiger charge is 2.08. The fourth-order valence-electron chi connectivity index (χ4n) is 2.73. The average molecular weight is 376 g/mol. The van der Waals surface area contributed by atoms with Gasteiger partial charge in [-0.05, 0) is 25.5 Å². The van der Waals surface area contributed by atoms with Crippen LogP contribution in [-0.4, -0.2) is 36.0 Å². The van der Waals surface area contributed by atoms with E-state index >= 15 is 0 Å². The second kappa shape index (κ2) is 9.62. The van der Waals surface area contributed by atoms with E-state index in [0.717, 1.165) is 23.4 Å². The maximum Gasteiger partial charge on any atom is 0.225 e. The van der Waals surface area contributed by atoms with Crippen LogP contribution >= 0.6 is 0 Å². The zero-order valence-corrected chi connectivity index (χ0v) is 16.1. The minimum absolute atomic E-state index is 0.0248. The third kappa shape index (κ3) is 5.37. The van der Waals surface area contributed by atoms with Crippen molar-refractivity contribution in [2.45, 2.75) is 13.3 Å². The van der Waals surface area contributed by atoms with Gasteiger partial charge in [0.15, 0.2) is 5.78 Å². The molecule has 2 aromatic carbocycles. The van der Waals surface area contributed by atoms with E-state index in [-0.39, 0.29) is 5.78 Å². The minimum atomic E-state index is 0.0248. The van der Waals surface area contributed by atoms with Crippen molar-refractivity contribution in [1.29, 1.82) is 0 Å². The summed E-state index contributed by atoms with van der Waals surface area (Å²) in [5.74, 6) is 1.23. The van der Waals surface area contributed by atoms with Gasteiger partial charge in [-0.2, -0.15) is 4.98 Å². The van der Waals surface area contributed by atoms with Gasteiger partial charge in [0.05, 0.1) is 5.69 Å². The lowest BCUT2D eigenvalue weighted by Crippen LogP contribution is -2.09. The van der Waals surface area contributed by atoms with Crippen molar-refractivity contribution in [3.05, 3.63) is 66.2 Å². The lowest BCUT2D eigenvalue weighted by atomic mass is 10.1. The highest BCUT2D eigenvalue weighted by atomic mass is 16.5. The summed E-state index contributed by atoms with van der Waals surface area (Å²) in [7, 11) is 1.68. The Labute approximate surface area is 165 Å². The van der Waals surface area contributed by atoms with Crippen molar-refractivity contribution < 1.29 is 9.53 Å². The van der Waals surface area contributed by atoms with E-state index < -0.39 is 0 Å². The first-order valence-corrected chi connectivity index (χ1v) is 9.21. The van der Waals surface area contributed by atoms with Crippen LogP contribution in [-0.2, 0) is 4.74 Å². The number of rotatable bonds is 9. The maximum absolute atomic E-state index is 11.6. The zero-order chi connectivity index (χ0) is 19.8. The van der Waals surface area contributed by atoms with Gasteiger partial charge in [0.25, 0.3) is 0 Å². The number of nitrogens with one attached hydrogen (secondary N) is 2. The number of carbonyl (C=O) groups excluding carboxylic acids is 1. The number of carbonyl (C=O) groups is 1. The lowest BCUT2D eigenvalue weighted by Gasteiger charge is -2.12. The van der Waals surface area contributed by atoms with Gasteiger partial charge in [0.1, 0.15) is 5.82 Å². The monoisotopic (exact) mass is 376 g/mol. The van der Waals surface area contributed by atoms with E-state index in [2.05, 4.69) is 20.6 Å². The smallest absolute Gasteiger partial charge is 0.225 e. The molecule has 6 heteroatoms. The van der Waals surface area contributed by atoms with Gasteiger partial charge in [0, 0.05) is 43.1 Å². The fourth-order valence-corrected chi connectivity index (χ4v) is 2.73. The van der Waals surface area contributed by atoms with Gasteiger partial charge in [0.2, 0.25) is 5.95 Å². The predicted molar refractivity (Wildman–Crippen MR) is 112 cm³/mol. The van der Waals surface area contributed by atoms with Crippen molar-refractivity contribution in [1.82, 2.24) is 9.97 Å². The number of ketones is 1. The molecular weight excluding hydrogens is 352 g/mol. The summed E-state index contributed by atoms with van der Waals surface area (Å²) in [5.41, 5.74) is 3.27. The van der Waals surface area contributed by atoms with Gasteiger partial charge in [-0.3, -0.25) is 4.79 Å². The molecule has 0 aliphatic carbocycles. The molecule has 0 atom stereocenters. The maximum atomic E-state index is 11.6. The summed E-state index contributed by atoms with van der Waals surface area (Å²) in [4.78, 5) is 20.8. The van der Waals surface area contributed by atoms with Crippen LogP contribution in [0.1, 0.15) is 23.7 Å². The number of hydrogen-bond acceptors (Lipinski definition) is 6. The van der Waals surface area contributed by atoms with Crippen molar-refractivity contribution in [2.75, 3.05) is 30.9 Å². The molecule has 144 valence electrons. The van der Waals surface area contributed by atoms with E-state index in [1.807, 2.05) is 54.6 Å². The number of methoxy groups -OCH3 is 1. The van der Waals surface area contributed by atoms with E-state index in [9.17, 15) is 4.79 Å². The summed E-state index contributed by atoms with van der Waals surface area (Å²) in [5, 5.41) is 6.53. The van der Waals surface area contributed by atoms with Crippen LogP contribution in [0.15, 0.2) is 60.7 Å². The fraction of sp³-hybridized carbons (Fsp3) is 0.227. The standard InChI is InChI=1S/C22H24N4O2/c1-16(27)18-10-6-11-19(14-18)24-21-15-20(17-8-4-3-5-9-17)25-22(26-21)23-12-7-13-28-2/h3-6,8-11,14-15H,7,12-13H2,1-2H3,(H2,23,24,25,26). The Morgan fingerprint density at radius 1 is 1.04 bits per heavy atom. The van der Waals surface area contributed by atoms with Crippen molar-refractivity contribution in [3.8, 4) is 11.3 Å². The Morgan fingerprint density at radius 2 is 1.86 bits per heavy atom. The van der Waals surface area contributed by atoms with E-state index in [4.69, 9.17) is 4.74 Å². The van der Waals surface area contributed by atoms with Gasteiger partial charge < -0.3 is 15.4 Å². The number of hydrogen-bond donors (Lipinski definition) is 2. The van der Waals surface area contributed by atoms with Crippen molar-refractivity contribution in [2.24, 2.45) is 0 Å². The van der Waals surface area contributed by atoms with Crippen molar-refractivity contribution >= 4 is 23.2 Å². The second-order valence-electron chi connectivity index (χ2n) is 6.36. The summed E-state index contributed by atoms with van der Waals surface area (Å²) < 4.78 is 5.09. The van der Waals surface area contributed by atoms with E-state index in [1.165, 1.54) is 0 Å². The highest BCUT2D eigenvalue weighted by Crippen LogP contribution is 2.24. The molecule has 0 saturated carbocycles. The first-order valence-electron chi connectivity index (χ1n) is 9.21. The van der Waals surface area contributed by atoms with Gasteiger partial charge in [-0.25, -0.2) is 4.98 Å². The second-order valence-corrected chi connectivity index (χ2v) is 6.36. The third-order valence-corrected chi connectivity index (χ3v) is 4.15. The molecule has 0 saturated heterocycles. The van der Waals surface area contributed by atoms with Gasteiger partial charge in [-0.15, -0.1) is 0 Å². The van der Waals surface area contributed by atoms with E-state index in [1.54, 1.807) is 20.1 Å². The molecule has 0 bridgehead atoms. The van der Waals surface area contributed by atoms with E-state index in [0.29, 0.717) is 30.5 Å². The van der Waals surface area contributed by atoms with Crippen LogP contribution < -0.4 is 10.6 Å². The van der Waals surface area contributed by atoms with Crippen molar-refractivity contribution in [3.63, 3.8) is 0 Å². The molecule has 3 rings (SSSR count). The Bertz CT molecular complexity index is 929.